The standard InChI is InChI=1S/C34H35BO2/c1-32(2,3)23-19-20-28-29(21-23)30(25-18-12-14-22-13-8-9-15-24(22)25)26-16-10-11-17-27(26)31(28)35-36-33(4,5)34(6,7)37-35/h8-21H,1-7H3. The molecule has 0 N–H and O–H groups in total. The van der Waals surface area contributed by atoms with Gasteiger partial charge in [-0.1, -0.05) is 99.6 Å². The van der Waals surface area contributed by atoms with Crippen molar-refractivity contribution in [1.82, 2.24) is 0 Å². The Kier molecular flexibility index (Phi) is 5.35. The molecule has 0 spiro atoms. The summed E-state index contributed by atoms with van der Waals surface area (Å²) in [6.07, 6.45) is 0. The third kappa shape index (κ3) is 3.79. The minimum atomic E-state index is -0.445. The van der Waals surface area contributed by atoms with E-state index < -0.39 is 18.3 Å². The van der Waals surface area contributed by atoms with Crippen LogP contribution in [0.25, 0.3) is 43.4 Å². The summed E-state index contributed by atoms with van der Waals surface area (Å²) in [4.78, 5) is 0. The lowest BCUT2D eigenvalue weighted by Gasteiger charge is -2.32. The van der Waals surface area contributed by atoms with Gasteiger partial charge >= 0.3 is 7.12 Å². The van der Waals surface area contributed by atoms with E-state index in [1.807, 2.05) is 0 Å². The van der Waals surface area contributed by atoms with E-state index in [1.54, 1.807) is 0 Å². The van der Waals surface area contributed by atoms with Crippen LogP contribution in [0.5, 0.6) is 0 Å². The molecule has 1 fully saturated rings. The third-order valence-corrected chi connectivity index (χ3v) is 8.48. The van der Waals surface area contributed by atoms with Gasteiger partial charge in [0.05, 0.1) is 11.2 Å². The first-order valence-electron chi connectivity index (χ1n) is 13.3. The van der Waals surface area contributed by atoms with E-state index in [0.717, 1.165) is 5.46 Å². The molecule has 6 rings (SSSR count). The van der Waals surface area contributed by atoms with Crippen molar-refractivity contribution in [2.75, 3.05) is 0 Å². The van der Waals surface area contributed by atoms with E-state index in [2.05, 4.69) is 133 Å². The fraction of sp³-hybridized carbons (Fsp3) is 0.294. The van der Waals surface area contributed by atoms with Crippen LogP contribution in [0.3, 0.4) is 0 Å². The quantitative estimate of drug-likeness (QED) is 0.184. The Hall–Kier alpha value is -3.14. The largest absolute Gasteiger partial charge is 0.496 e. The van der Waals surface area contributed by atoms with E-state index >= 15 is 0 Å². The molecular weight excluding hydrogens is 451 g/mol. The molecule has 1 aliphatic heterocycles. The molecule has 0 aliphatic carbocycles. The minimum absolute atomic E-state index is 0.0281. The molecular formula is C34H35BO2. The molecule has 186 valence electrons. The predicted molar refractivity (Wildman–Crippen MR) is 159 cm³/mol. The summed E-state index contributed by atoms with van der Waals surface area (Å²) in [5.41, 5.74) is 4.17. The van der Waals surface area contributed by atoms with Crippen LogP contribution >= 0.6 is 0 Å². The van der Waals surface area contributed by atoms with Gasteiger partial charge in [-0.05, 0) is 93.6 Å². The van der Waals surface area contributed by atoms with Crippen molar-refractivity contribution in [3.63, 3.8) is 0 Å². The van der Waals surface area contributed by atoms with Gasteiger partial charge in [-0.25, -0.2) is 0 Å². The van der Waals surface area contributed by atoms with Crippen LogP contribution in [0.1, 0.15) is 54.0 Å². The zero-order valence-electron chi connectivity index (χ0n) is 23.0. The van der Waals surface area contributed by atoms with Crippen LogP contribution in [0.15, 0.2) is 84.9 Å². The number of fused-ring (bicyclic) bond motifs is 3. The number of hydrogen-bond donors (Lipinski definition) is 0. The third-order valence-electron chi connectivity index (χ3n) is 8.48. The SMILES string of the molecule is CC(C)(C)c1ccc2c(B3OC(C)(C)C(C)(C)O3)c3ccccc3c(-c3cccc4ccccc34)c2c1. The van der Waals surface area contributed by atoms with Crippen molar-refractivity contribution in [2.24, 2.45) is 0 Å². The highest BCUT2D eigenvalue weighted by molar-refractivity contribution is 6.69. The number of rotatable bonds is 2. The summed E-state index contributed by atoms with van der Waals surface area (Å²) in [5.74, 6) is 0. The first kappa shape index (κ1) is 24.2. The molecule has 0 unspecified atom stereocenters. The lowest BCUT2D eigenvalue weighted by atomic mass is 9.70. The summed E-state index contributed by atoms with van der Waals surface area (Å²) < 4.78 is 13.3. The maximum atomic E-state index is 6.66. The maximum Gasteiger partial charge on any atom is 0.496 e. The van der Waals surface area contributed by atoms with Gasteiger partial charge in [0, 0.05) is 0 Å². The first-order valence-corrected chi connectivity index (χ1v) is 13.3. The van der Waals surface area contributed by atoms with E-state index in [4.69, 9.17) is 9.31 Å². The first-order chi connectivity index (χ1) is 17.5. The monoisotopic (exact) mass is 486 g/mol. The van der Waals surface area contributed by atoms with E-state index in [1.165, 1.54) is 49.0 Å². The molecule has 5 aromatic rings. The number of benzene rings is 5. The second-order valence-electron chi connectivity index (χ2n) is 12.5. The van der Waals surface area contributed by atoms with Crippen molar-refractivity contribution < 1.29 is 9.31 Å². The molecule has 0 saturated carbocycles. The molecule has 0 bridgehead atoms. The van der Waals surface area contributed by atoms with Crippen molar-refractivity contribution in [1.29, 1.82) is 0 Å². The van der Waals surface area contributed by atoms with Crippen LogP contribution in [-0.4, -0.2) is 18.3 Å². The molecule has 0 amide bonds. The highest BCUT2D eigenvalue weighted by Crippen LogP contribution is 2.43. The van der Waals surface area contributed by atoms with Crippen molar-refractivity contribution in [3.05, 3.63) is 90.5 Å². The highest BCUT2D eigenvalue weighted by atomic mass is 16.7. The van der Waals surface area contributed by atoms with Crippen molar-refractivity contribution >= 4 is 44.9 Å². The highest BCUT2D eigenvalue weighted by Gasteiger charge is 2.52. The Morgan fingerprint density at radius 1 is 0.595 bits per heavy atom. The van der Waals surface area contributed by atoms with Crippen LogP contribution in [0, 0.1) is 0 Å². The average molecular weight is 486 g/mol. The molecule has 0 atom stereocenters. The van der Waals surface area contributed by atoms with Gasteiger partial charge in [-0.15, -0.1) is 0 Å². The number of hydrogen-bond acceptors (Lipinski definition) is 2. The van der Waals surface area contributed by atoms with Gasteiger partial charge in [0.15, 0.2) is 0 Å². The summed E-state index contributed by atoms with van der Waals surface area (Å²) in [6, 6.07) is 31.0. The van der Waals surface area contributed by atoms with Crippen LogP contribution < -0.4 is 5.46 Å². The maximum absolute atomic E-state index is 6.66. The predicted octanol–water partition coefficient (Wildman–Crippen LogP) is 8.41. The molecule has 3 heteroatoms. The summed E-state index contributed by atoms with van der Waals surface area (Å²) in [7, 11) is -0.445. The Labute approximate surface area is 220 Å². The molecule has 0 aromatic heterocycles. The van der Waals surface area contributed by atoms with Gasteiger partial charge in [0.2, 0.25) is 0 Å². The Morgan fingerprint density at radius 3 is 1.84 bits per heavy atom. The molecule has 0 radical (unpaired) electrons. The van der Waals surface area contributed by atoms with Crippen LogP contribution in [-0.2, 0) is 14.7 Å². The van der Waals surface area contributed by atoms with Crippen molar-refractivity contribution in [3.8, 4) is 11.1 Å². The summed E-state index contributed by atoms with van der Waals surface area (Å²) >= 11 is 0. The topological polar surface area (TPSA) is 18.5 Å². The zero-order valence-corrected chi connectivity index (χ0v) is 23.0. The van der Waals surface area contributed by atoms with Gasteiger partial charge in [-0.3, -0.25) is 0 Å². The van der Waals surface area contributed by atoms with Crippen LogP contribution in [0.4, 0.5) is 0 Å². The van der Waals surface area contributed by atoms with Crippen molar-refractivity contribution in [2.45, 2.75) is 65.1 Å². The second kappa shape index (κ2) is 8.18. The molecule has 2 nitrogen and oxygen atoms in total. The van der Waals surface area contributed by atoms with Crippen LogP contribution in [0.2, 0.25) is 0 Å². The van der Waals surface area contributed by atoms with Gasteiger partial charge in [0.1, 0.15) is 0 Å². The normalized spacial score (nSPS) is 17.2. The zero-order chi connectivity index (χ0) is 26.2. The fourth-order valence-electron chi connectivity index (χ4n) is 5.63. The lowest BCUT2D eigenvalue weighted by molar-refractivity contribution is 0.00578. The van der Waals surface area contributed by atoms with E-state index in [-0.39, 0.29) is 5.41 Å². The molecule has 1 aliphatic rings. The molecule has 37 heavy (non-hydrogen) atoms. The smallest absolute Gasteiger partial charge is 0.399 e. The Bertz CT molecular complexity index is 1650. The van der Waals surface area contributed by atoms with Gasteiger partial charge < -0.3 is 9.31 Å². The second-order valence-corrected chi connectivity index (χ2v) is 12.5. The Morgan fingerprint density at radius 2 is 1.16 bits per heavy atom. The van der Waals surface area contributed by atoms with Gasteiger partial charge in [-0.2, -0.15) is 0 Å². The summed E-state index contributed by atoms with van der Waals surface area (Å²) in [6.45, 7) is 15.3. The van der Waals surface area contributed by atoms with E-state index in [9.17, 15) is 0 Å². The Balaban J connectivity index is 1.77. The molecule has 1 heterocycles. The van der Waals surface area contributed by atoms with E-state index in [0.29, 0.717) is 0 Å². The molecule has 1 saturated heterocycles. The molecule has 5 aromatic carbocycles. The summed E-state index contributed by atoms with van der Waals surface area (Å²) in [5, 5.41) is 7.35. The minimum Gasteiger partial charge on any atom is -0.399 e. The average Bonchev–Trinajstić information content (AvgIpc) is 3.07. The van der Waals surface area contributed by atoms with Gasteiger partial charge in [0.25, 0.3) is 0 Å². The lowest BCUT2D eigenvalue weighted by Crippen LogP contribution is -2.41. The fourth-order valence-corrected chi connectivity index (χ4v) is 5.63.